The summed E-state index contributed by atoms with van der Waals surface area (Å²) in [6, 6.07) is 8.70. The summed E-state index contributed by atoms with van der Waals surface area (Å²) in [5, 5.41) is 0. The molecule has 0 fully saturated rings. The molecule has 1 unspecified atom stereocenters. The number of hydrogen-bond donors (Lipinski definition) is 0. The first kappa shape index (κ1) is 18.6. The van der Waals surface area contributed by atoms with Crippen LogP contribution in [0, 0.1) is 5.41 Å². The topological polar surface area (TPSA) is 25.8 Å². The largest absolute Gasteiger partial charge is 0.265 e. The van der Waals surface area contributed by atoms with Gasteiger partial charge in [-0.2, -0.15) is 0 Å². The molecule has 2 rings (SSSR count). The van der Waals surface area contributed by atoms with Crippen molar-refractivity contribution in [3.8, 4) is 0 Å². The summed E-state index contributed by atoms with van der Waals surface area (Å²) in [5.74, 6) is 1.15. The fraction of sp³-hybridized carbons (Fsp3) is 0.545. The lowest BCUT2D eigenvalue weighted by molar-refractivity contribution is 0.290. The van der Waals surface area contributed by atoms with Crippen molar-refractivity contribution in [2.24, 2.45) is 5.41 Å². The van der Waals surface area contributed by atoms with E-state index >= 15 is 0 Å². The Morgan fingerprint density at radius 1 is 0.917 bits per heavy atom. The zero-order chi connectivity index (χ0) is 17.6. The lowest BCUT2D eigenvalue weighted by Crippen LogP contribution is -2.14. The van der Waals surface area contributed by atoms with E-state index in [0.29, 0.717) is 17.3 Å². The smallest absolute Gasteiger partial charge is 0.0404 e. The normalized spacial score (nSPS) is 13.2. The van der Waals surface area contributed by atoms with Crippen molar-refractivity contribution < 1.29 is 0 Å². The Hall–Kier alpha value is -1.70. The van der Waals surface area contributed by atoms with E-state index in [-0.39, 0.29) is 0 Å². The van der Waals surface area contributed by atoms with Crippen molar-refractivity contribution in [2.45, 2.75) is 72.1 Å². The Morgan fingerprint density at radius 2 is 1.62 bits per heavy atom. The third kappa shape index (κ3) is 5.74. The second kappa shape index (κ2) is 8.41. The standard InChI is InChI=1S/C22H32N2/c1-17(2)20-6-7-21(24-16-20)9-13-22(4,5)12-8-18(3)19-10-14-23-15-11-19/h6-7,10-11,14-18H,8-9,12-13H2,1-5H3. The molecule has 0 N–H and O–H groups in total. The molecule has 2 aromatic rings. The molecule has 2 aromatic heterocycles. The number of rotatable bonds is 8. The molecule has 0 saturated carbocycles. The first-order valence-corrected chi connectivity index (χ1v) is 9.22. The van der Waals surface area contributed by atoms with E-state index in [9.17, 15) is 0 Å². The SMILES string of the molecule is CC(C)c1ccc(CCC(C)(C)CCC(C)c2ccncc2)nc1. The molecule has 0 bridgehead atoms. The maximum Gasteiger partial charge on any atom is 0.0404 e. The summed E-state index contributed by atoms with van der Waals surface area (Å²) in [6.07, 6.45) is 10.5. The Balaban J connectivity index is 1.82. The van der Waals surface area contributed by atoms with Crippen molar-refractivity contribution in [2.75, 3.05) is 0 Å². The van der Waals surface area contributed by atoms with Crippen LogP contribution in [0.2, 0.25) is 0 Å². The minimum absolute atomic E-state index is 0.347. The van der Waals surface area contributed by atoms with E-state index < -0.39 is 0 Å². The number of aromatic nitrogens is 2. The van der Waals surface area contributed by atoms with Crippen LogP contribution < -0.4 is 0 Å². The lowest BCUT2D eigenvalue weighted by atomic mass is 9.80. The molecule has 24 heavy (non-hydrogen) atoms. The second-order valence-corrected chi connectivity index (χ2v) is 8.12. The lowest BCUT2D eigenvalue weighted by Gasteiger charge is -2.26. The van der Waals surface area contributed by atoms with Gasteiger partial charge in [0.1, 0.15) is 0 Å². The van der Waals surface area contributed by atoms with E-state index in [1.807, 2.05) is 18.6 Å². The van der Waals surface area contributed by atoms with Crippen LogP contribution in [-0.2, 0) is 6.42 Å². The molecule has 0 aliphatic rings. The molecule has 2 heterocycles. The van der Waals surface area contributed by atoms with E-state index in [1.165, 1.54) is 36.1 Å². The highest BCUT2D eigenvalue weighted by Crippen LogP contribution is 2.32. The van der Waals surface area contributed by atoms with Crippen molar-refractivity contribution >= 4 is 0 Å². The van der Waals surface area contributed by atoms with Crippen molar-refractivity contribution in [3.63, 3.8) is 0 Å². The van der Waals surface area contributed by atoms with Crippen LogP contribution in [0.15, 0.2) is 42.9 Å². The van der Waals surface area contributed by atoms with Crippen molar-refractivity contribution in [1.82, 2.24) is 9.97 Å². The molecule has 0 aliphatic carbocycles. The molecular weight excluding hydrogens is 292 g/mol. The molecule has 2 nitrogen and oxygen atoms in total. The zero-order valence-electron chi connectivity index (χ0n) is 15.9. The highest BCUT2D eigenvalue weighted by Gasteiger charge is 2.19. The molecule has 0 saturated heterocycles. The Morgan fingerprint density at radius 3 is 2.21 bits per heavy atom. The second-order valence-electron chi connectivity index (χ2n) is 8.12. The molecule has 0 spiro atoms. The van der Waals surface area contributed by atoms with Gasteiger partial charge < -0.3 is 0 Å². The molecule has 0 amide bonds. The minimum Gasteiger partial charge on any atom is -0.265 e. The molecule has 0 aromatic carbocycles. The van der Waals surface area contributed by atoms with Crippen LogP contribution in [0.3, 0.4) is 0 Å². The zero-order valence-corrected chi connectivity index (χ0v) is 15.9. The van der Waals surface area contributed by atoms with Crippen LogP contribution in [0.25, 0.3) is 0 Å². The fourth-order valence-electron chi connectivity index (χ4n) is 2.98. The molecular formula is C22H32N2. The van der Waals surface area contributed by atoms with Crippen LogP contribution in [0.1, 0.15) is 82.5 Å². The third-order valence-electron chi connectivity index (χ3n) is 5.10. The van der Waals surface area contributed by atoms with Crippen molar-refractivity contribution in [1.29, 1.82) is 0 Å². The van der Waals surface area contributed by atoms with Crippen LogP contribution >= 0.6 is 0 Å². The highest BCUT2D eigenvalue weighted by molar-refractivity contribution is 5.17. The van der Waals surface area contributed by atoms with Crippen LogP contribution in [0.4, 0.5) is 0 Å². The summed E-state index contributed by atoms with van der Waals surface area (Å²) >= 11 is 0. The number of pyridine rings is 2. The average Bonchev–Trinajstić information content (AvgIpc) is 2.59. The summed E-state index contributed by atoms with van der Waals surface area (Å²) in [4.78, 5) is 8.75. The first-order chi connectivity index (χ1) is 11.4. The number of aryl methyl sites for hydroxylation is 1. The van der Waals surface area contributed by atoms with Gasteiger partial charge in [-0.15, -0.1) is 0 Å². The highest BCUT2D eigenvalue weighted by atomic mass is 14.7. The van der Waals surface area contributed by atoms with Crippen LogP contribution in [0.5, 0.6) is 0 Å². The van der Waals surface area contributed by atoms with Gasteiger partial charge in [-0.25, -0.2) is 0 Å². The van der Waals surface area contributed by atoms with Crippen molar-refractivity contribution in [3.05, 3.63) is 59.7 Å². The number of nitrogens with zero attached hydrogens (tertiary/aromatic N) is 2. The van der Waals surface area contributed by atoms with Gasteiger partial charge in [0.2, 0.25) is 0 Å². The molecule has 2 heteroatoms. The van der Waals surface area contributed by atoms with Gasteiger partial charge in [-0.1, -0.05) is 40.7 Å². The monoisotopic (exact) mass is 324 g/mol. The van der Waals surface area contributed by atoms with E-state index in [2.05, 4.69) is 68.9 Å². The molecule has 1 atom stereocenters. The fourth-order valence-corrected chi connectivity index (χ4v) is 2.98. The molecule has 0 aliphatic heterocycles. The Bertz CT molecular complexity index is 600. The number of hydrogen-bond acceptors (Lipinski definition) is 2. The summed E-state index contributed by atoms with van der Waals surface area (Å²) in [6.45, 7) is 11.5. The maximum absolute atomic E-state index is 4.64. The summed E-state index contributed by atoms with van der Waals surface area (Å²) in [7, 11) is 0. The third-order valence-corrected chi connectivity index (χ3v) is 5.10. The first-order valence-electron chi connectivity index (χ1n) is 9.22. The average molecular weight is 325 g/mol. The van der Waals surface area contributed by atoms with Gasteiger partial charge in [0.05, 0.1) is 0 Å². The van der Waals surface area contributed by atoms with Gasteiger partial charge in [-0.3, -0.25) is 9.97 Å². The summed E-state index contributed by atoms with van der Waals surface area (Å²) < 4.78 is 0. The van der Waals surface area contributed by atoms with E-state index in [0.717, 1.165) is 6.42 Å². The quantitative estimate of drug-likeness (QED) is 0.582. The molecule has 130 valence electrons. The summed E-state index contributed by atoms with van der Waals surface area (Å²) in [5.41, 5.74) is 4.28. The van der Waals surface area contributed by atoms with Gasteiger partial charge >= 0.3 is 0 Å². The van der Waals surface area contributed by atoms with Gasteiger partial charge in [0, 0.05) is 24.3 Å². The Kier molecular flexibility index (Phi) is 6.53. The van der Waals surface area contributed by atoms with E-state index in [1.54, 1.807) is 0 Å². The van der Waals surface area contributed by atoms with Crippen LogP contribution in [-0.4, -0.2) is 9.97 Å². The van der Waals surface area contributed by atoms with Gasteiger partial charge in [-0.05, 0) is 72.3 Å². The maximum atomic E-state index is 4.64. The molecule has 0 radical (unpaired) electrons. The minimum atomic E-state index is 0.347. The predicted molar refractivity (Wildman–Crippen MR) is 102 cm³/mol. The predicted octanol–water partition coefficient (Wildman–Crippen LogP) is 6.14. The Labute approximate surface area is 147 Å². The van der Waals surface area contributed by atoms with E-state index in [4.69, 9.17) is 0 Å². The van der Waals surface area contributed by atoms with Gasteiger partial charge in [0.25, 0.3) is 0 Å². The van der Waals surface area contributed by atoms with Gasteiger partial charge in [0.15, 0.2) is 0 Å².